The lowest BCUT2D eigenvalue weighted by molar-refractivity contribution is -0.117. The molecule has 1 aromatic heterocycles. The van der Waals surface area contributed by atoms with Crippen molar-refractivity contribution in [2.75, 3.05) is 0 Å². The molecule has 1 aromatic carbocycles. The van der Waals surface area contributed by atoms with Crippen molar-refractivity contribution in [3.05, 3.63) is 48.4 Å². The van der Waals surface area contributed by atoms with Crippen molar-refractivity contribution in [1.82, 2.24) is 9.97 Å². The van der Waals surface area contributed by atoms with Crippen LogP contribution in [0.3, 0.4) is 0 Å². The second-order valence-corrected chi connectivity index (χ2v) is 3.40. The van der Waals surface area contributed by atoms with Gasteiger partial charge in [0.1, 0.15) is 6.33 Å². The van der Waals surface area contributed by atoms with Crippen molar-refractivity contribution in [2.24, 2.45) is 5.73 Å². The van der Waals surface area contributed by atoms with Crippen LogP contribution in [-0.4, -0.2) is 15.9 Å². The maximum atomic E-state index is 10.8. The summed E-state index contributed by atoms with van der Waals surface area (Å²) >= 11 is 0. The number of nitrogens with two attached hydrogens (primary N) is 1. The number of nitrogens with zero attached hydrogens (tertiary/aromatic N) is 2. The van der Waals surface area contributed by atoms with Gasteiger partial charge in [-0.25, -0.2) is 9.97 Å². The molecule has 80 valence electrons. The first-order chi connectivity index (χ1) is 7.75. The number of carbonyl (C=O) groups is 1. The zero-order chi connectivity index (χ0) is 11.4. The van der Waals surface area contributed by atoms with Gasteiger partial charge in [0.05, 0.1) is 17.8 Å². The zero-order valence-electron chi connectivity index (χ0n) is 8.63. The van der Waals surface area contributed by atoms with E-state index >= 15 is 0 Å². The van der Waals surface area contributed by atoms with Gasteiger partial charge < -0.3 is 5.73 Å². The topological polar surface area (TPSA) is 68.9 Å². The molecule has 2 rings (SSSR count). The van der Waals surface area contributed by atoms with Gasteiger partial charge in [-0.05, 0) is 6.07 Å². The average Bonchev–Trinajstić information content (AvgIpc) is 2.30. The van der Waals surface area contributed by atoms with E-state index in [0.29, 0.717) is 5.69 Å². The highest BCUT2D eigenvalue weighted by atomic mass is 16.1. The molecule has 0 atom stereocenters. The molecule has 0 aliphatic heterocycles. The molecule has 0 bridgehead atoms. The van der Waals surface area contributed by atoms with Crippen molar-refractivity contribution < 1.29 is 4.79 Å². The monoisotopic (exact) mass is 213 g/mol. The molecular weight excluding hydrogens is 202 g/mol. The Kier molecular flexibility index (Phi) is 2.91. The van der Waals surface area contributed by atoms with Gasteiger partial charge >= 0.3 is 0 Å². The highest BCUT2D eigenvalue weighted by Crippen LogP contribution is 2.15. The lowest BCUT2D eigenvalue weighted by atomic mass is 10.1. The molecule has 0 aliphatic carbocycles. The van der Waals surface area contributed by atoms with Crippen LogP contribution in [0.25, 0.3) is 11.3 Å². The maximum Gasteiger partial charge on any atom is 0.223 e. The third kappa shape index (κ3) is 2.42. The number of carbonyl (C=O) groups excluding carboxylic acids is 1. The lowest BCUT2D eigenvalue weighted by Gasteiger charge is -2.02. The molecule has 0 aliphatic rings. The van der Waals surface area contributed by atoms with E-state index in [1.807, 2.05) is 30.3 Å². The van der Waals surface area contributed by atoms with Gasteiger partial charge in [0.15, 0.2) is 0 Å². The minimum atomic E-state index is -0.391. The summed E-state index contributed by atoms with van der Waals surface area (Å²) < 4.78 is 0. The highest BCUT2D eigenvalue weighted by Gasteiger charge is 2.03. The van der Waals surface area contributed by atoms with Crippen molar-refractivity contribution in [3.8, 4) is 11.3 Å². The number of rotatable bonds is 3. The quantitative estimate of drug-likeness (QED) is 0.832. The van der Waals surface area contributed by atoms with Crippen molar-refractivity contribution in [3.63, 3.8) is 0 Å². The predicted octanol–water partition coefficient (Wildman–Crippen LogP) is 1.17. The molecule has 2 aromatic rings. The van der Waals surface area contributed by atoms with Gasteiger partial charge in [0.2, 0.25) is 5.91 Å². The summed E-state index contributed by atoms with van der Waals surface area (Å²) in [5.74, 6) is -0.391. The second-order valence-electron chi connectivity index (χ2n) is 3.40. The molecule has 0 saturated carbocycles. The summed E-state index contributed by atoms with van der Waals surface area (Å²) in [6.07, 6.45) is 1.59. The Morgan fingerprint density at radius 1 is 1.19 bits per heavy atom. The number of aromatic nitrogens is 2. The number of benzene rings is 1. The summed E-state index contributed by atoms with van der Waals surface area (Å²) in [6.45, 7) is 0. The smallest absolute Gasteiger partial charge is 0.223 e. The normalized spacial score (nSPS) is 10.0. The predicted molar refractivity (Wildman–Crippen MR) is 60.4 cm³/mol. The summed E-state index contributed by atoms with van der Waals surface area (Å²) in [6, 6.07) is 11.5. The molecule has 16 heavy (non-hydrogen) atoms. The Morgan fingerprint density at radius 3 is 2.62 bits per heavy atom. The largest absolute Gasteiger partial charge is 0.369 e. The van der Waals surface area contributed by atoms with Gasteiger partial charge in [-0.2, -0.15) is 0 Å². The van der Waals surface area contributed by atoms with Gasteiger partial charge in [-0.15, -0.1) is 0 Å². The van der Waals surface area contributed by atoms with Crippen molar-refractivity contribution >= 4 is 5.91 Å². The Labute approximate surface area is 93.2 Å². The molecule has 1 heterocycles. The Bertz CT molecular complexity index is 497. The van der Waals surface area contributed by atoms with Crippen molar-refractivity contribution in [2.45, 2.75) is 6.42 Å². The van der Waals surface area contributed by atoms with Gasteiger partial charge in [-0.1, -0.05) is 30.3 Å². The fraction of sp³-hybridized carbons (Fsp3) is 0.0833. The molecule has 4 nitrogen and oxygen atoms in total. The maximum absolute atomic E-state index is 10.8. The van der Waals surface area contributed by atoms with Crippen LogP contribution in [0.4, 0.5) is 0 Å². The van der Waals surface area contributed by atoms with E-state index in [1.54, 1.807) is 6.07 Å². The number of amides is 1. The van der Waals surface area contributed by atoms with Crippen LogP contribution in [-0.2, 0) is 11.2 Å². The zero-order valence-corrected chi connectivity index (χ0v) is 8.63. The van der Waals surface area contributed by atoms with Crippen LogP contribution in [0.5, 0.6) is 0 Å². The van der Waals surface area contributed by atoms with E-state index in [2.05, 4.69) is 9.97 Å². The molecule has 2 N–H and O–H groups in total. The van der Waals surface area contributed by atoms with E-state index in [0.717, 1.165) is 11.3 Å². The molecule has 0 fully saturated rings. The minimum absolute atomic E-state index is 0.141. The van der Waals surface area contributed by atoms with Crippen LogP contribution in [0, 0.1) is 0 Å². The van der Waals surface area contributed by atoms with E-state index in [9.17, 15) is 4.79 Å². The number of hydrogen-bond donors (Lipinski definition) is 1. The molecule has 0 radical (unpaired) electrons. The van der Waals surface area contributed by atoms with E-state index in [4.69, 9.17) is 5.73 Å². The van der Waals surface area contributed by atoms with Crippen LogP contribution in [0.1, 0.15) is 5.69 Å². The lowest BCUT2D eigenvalue weighted by Crippen LogP contribution is -2.14. The minimum Gasteiger partial charge on any atom is -0.369 e. The summed E-state index contributed by atoms with van der Waals surface area (Å²) in [5.41, 5.74) is 7.55. The summed E-state index contributed by atoms with van der Waals surface area (Å²) in [7, 11) is 0. The first-order valence-corrected chi connectivity index (χ1v) is 4.90. The van der Waals surface area contributed by atoms with E-state index in [1.165, 1.54) is 6.33 Å². The number of hydrogen-bond acceptors (Lipinski definition) is 3. The fourth-order valence-electron chi connectivity index (χ4n) is 1.44. The van der Waals surface area contributed by atoms with Crippen LogP contribution in [0.2, 0.25) is 0 Å². The van der Waals surface area contributed by atoms with Crippen molar-refractivity contribution in [1.29, 1.82) is 0 Å². The Balaban J connectivity index is 2.33. The molecule has 0 unspecified atom stereocenters. The molecule has 0 spiro atoms. The second kappa shape index (κ2) is 4.53. The fourth-order valence-corrected chi connectivity index (χ4v) is 1.44. The van der Waals surface area contributed by atoms with E-state index in [-0.39, 0.29) is 6.42 Å². The van der Waals surface area contributed by atoms with Crippen LogP contribution in [0.15, 0.2) is 42.7 Å². The molecule has 4 heteroatoms. The highest BCUT2D eigenvalue weighted by molar-refractivity contribution is 5.76. The van der Waals surface area contributed by atoms with Gasteiger partial charge in [-0.3, -0.25) is 4.79 Å². The third-order valence-electron chi connectivity index (χ3n) is 2.15. The molecule has 1 amide bonds. The molecule has 0 saturated heterocycles. The van der Waals surface area contributed by atoms with Gasteiger partial charge in [0, 0.05) is 5.56 Å². The van der Waals surface area contributed by atoms with Gasteiger partial charge in [0.25, 0.3) is 0 Å². The SMILES string of the molecule is NC(=O)Cc1cc(-c2ccccc2)ncn1. The van der Waals surface area contributed by atoms with E-state index < -0.39 is 5.91 Å². The number of primary amides is 1. The summed E-state index contributed by atoms with van der Waals surface area (Å²) in [4.78, 5) is 18.9. The first-order valence-electron chi connectivity index (χ1n) is 4.90. The van der Waals surface area contributed by atoms with Crippen LogP contribution >= 0.6 is 0 Å². The summed E-state index contributed by atoms with van der Waals surface area (Å²) in [5, 5.41) is 0. The first kappa shape index (κ1) is 10.3. The third-order valence-corrected chi connectivity index (χ3v) is 2.15. The Hall–Kier alpha value is -2.23. The standard InChI is InChI=1S/C12H11N3O/c13-12(16)7-10-6-11(15-8-14-10)9-4-2-1-3-5-9/h1-6,8H,7H2,(H2,13,16). The van der Waals surface area contributed by atoms with Crippen LogP contribution < -0.4 is 5.73 Å². The Morgan fingerprint density at radius 2 is 1.94 bits per heavy atom. The average molecular weight is 213 g/mol. The molecular formula is C12H11N3O.